The Hall–Kier alpha value is -1.58. The first kappa shape index (κ1) is 12.2. The molecule has 1 heterocycles. The zero-order valence-electron chi connectivity index (χ0n) is 11.4. The van der Waals surface area contributed by atoms with E-state index in [-0.39, 0.29) is 11.0 Å². The van der Waals surface area contributed by atoms with E-state index in [1.54, 1.807) is 12.3 Å². The molecule has 4 aliphatic rings. The number of carboxylic acids is 1. The van der Waals surface area contributed by atoms with Crippen LogP contribution < -0.4 is 5.56 Å². The molecule has 2 N–H and O–H groups in total. The van der Waals surface area contributed by atoms with Crippen LogP contribution in [-0.2, 0) is 5.41 Å². The zero-order valence-corrected chi connectivity index (χ0v) is 11.4. The average molecular weight is 273 g/mol. The summed E-state index contributed by atoms with van der Waals surface area (Å²) in [6.07, 6.45) is 9.34. The SMILES string of the molecule is O=C(O)c1cc(C23CC4CC(CC(C4)C2)C3)c[nH]c1=O. The fourth-order valence-corrected chi connectivity index (χ4v) is 5.41. The second-order valence-electron chi connectivity index (χ2n) is 7.13. The molecule has 0 atom stereocenters. The number of aromatic nitrogens is 1. The van der Waals surface area contributed by atoms with Gasteiger partial charge in [0.2, 0.25) is 0 Å². The molecule has 4 heteroatoms. The summed E-state index contributed by atoms with van der Waals surface area (Å²) < 4.78 is 0. The summed E-state index contributed by atoms with van der Waals surface area (Å²) in [4.78, 5) is 25.4. The smallest absolute Gasteiger partial charge is 0.341 e. The first-order chi connectivity index (χ1) is 9.56. The maximum absolute atomic E-state index is 11.6. The molecule has 4 nitrogen and oxygen atoms in total. The van der Waals surface area contributed by atoms with Crippen molar-refractivity contribution in [3.05, 3.63) is 33.7 Å². The number of pyridine rings is 1. The fourth-order valence-electron chi connectivity index (χ4n) is 5.41. The van der Waals surface area contributed by atoms with Crippen molar-refractivity contribution in [2.45, 2.75) is 43.9 Å². The van der Waals surface area contributed by atoms with Crippen LogP contribution in [0.1, 0.15) is 54.4 Å². The topological polar surface area (TPSA) is 70.2 Å². The normalized spacial score (nSPS) is 38.1. The van der Waals surface area contributed by atoms with Gasteiger partial charge < -0.3 is 10.1 Å². The summed E-state index contributed by atoms with van der Waals surface area (Å²) in [5, 5.41) is 9.15. The lowest BCUT2D eigenvalue weighted by molar-refractivity contribution is -0.00538. The van der Waals surface area contributed by atoms with Crippen LogP contribution in [0.25, 0.3) is 0 Å². The van der Waals surface area contributed by atoms with Crippen LogP contribution in [0.4, 0.5) is 0 Å². The Kier molecular flexibility index (Phi) is 2.41. The molecule has 1 aromatic rings. The Balaban J connectivity index is 1.79. The van der Waals surface area contributed by atoms with Gasteiger partial charge >= 0.3 is 5.97 Å². The van der Waals surface area contributed by atoms with Crippen LogP contribution in [-0.4, -0.2) is 16.1 Å². The van der Waals surface area contributed by atoms with Gasteiger partial charge in [-0.3, -0.25) is 4.79 Å². The van der Waals surface area contributed by atoms with E-state index >= 15 is 0 Å². The molecule has 106 valence electrons. The summed E-state index contributed by atoms with van der Waals surface area (Å²) in [6, 6.07) is 1.63. The predicted octanol–water partition coefficient (Wildman–Crippen LogP) is 2.54. The number of nitrogens with one attached hydrogen (secondary N) is 1. The molecule has 5 rings (SSSR count). The van der Waals surface area contributed by atoms with Gasteiger partial charge in [0.25, 0.3) is 5.56 Å². The largest absolute Gasteiger partial charge is 0.477 e. The van der Waals surface area contributed by atoms with Crippen molar-refractivity contribution in [3.8, 4) is 0 Å². The molecule has 4 bridgehead atoms. The second kappa shape index (κ2) is 3.96. The summed E-state index contributed by atoms with van der Waals surface area (Å²) in [5.74, 6) is 1.29. The number of aromatic amines is 1. The van der Waals surface area contributed by atoms with E-state index in [4.69, 9.17) is 5.11 Å². The van der Waals surface area contributed by atoms with Crippen LogP contribution >= 0.6 is 0 Å². The van der Waals surface area contributed by atoms with Gasteiger partial charge in [-0.2, -0.15) is 0 Å². The second-order valence-corrected chi connectivity index (χ2v) is 7.13. The van der Waals surface area contributed by atoms with Gasteiger partial charge in [0.1, 0.15) is 5.56 Å². The summed E-state index contributed by atoms with van der Waals surface area (Å²) in [5.41, 5.74) is 0.571. The number of H-pyrrole nitrogens is 1. The number of hydrogen-bond acceptors (Lipinski definition) is 2. The predicted molar refractivity (Wildman–Crippen MR) is 73.9 cm³/mol. The summed E-state index contributed by atoms with van der Waals surface area (Å²) >= 11 is 0. The van der Waals surface area contributed by atoms with Gasteiger partial charge in [0, 0.05) is 6.20 Å². The zero-order chi connectivity index (χ0) is 13.9. The first-order valence-corrected chi connectivity index (χ1v) is 7.52. The Labute approximate surface area is 117 Å². The molecule has 4 fully saturated rings. The minimum atomic E-state index is -1.13. The highest BCUT2D eigenvalue weighted by atomic mass is 16.4. The van der Waals surface area contributed by atoms with Crippen LogP contribution in [0.15, 0.2) is 17.1 Å². The molecule has 0 radical (unpaired) electrons. The molecule has 0 amide bonds. The first-order valence-electron chi connectivity index (χ1n) is 7.52. The molecule has 20 heavy (non-hydrogen) atoms. The summed E-state index contributed by atoms with van der Waals surface area (Å²) in [6.45, 7) is 0. The molecule has 0 saturated heterocycles. The molecule has 4 aliphatic carbocycles. The van der Waals surface area contributed by atoms with Crippen molar-refractivity contribution >= 4 is 5.97 Å². The van der Waals surface area contributed by atoms with Crippen molar-refractivity contribution in [1.82, 2.24) is 4.98 Å². The lowest BCUT2D eigenvalue weighted by Gasteiger charge is -2.57. The third-order valence-corrected chi connectivity index (χ3v) is 5.78. The number of rotatable bonds is 2. The maximum atomic E-state index is 11.6. The molecule has 0 aliphatic heterocycles. The van der Waals surface area contributed by atoms with Crippen LogP contribution in [0.3, 0.4) is 0 Å². The Bertz CT molecular complexity index is 596. The van der Waals surface area contributed by atoms with Gasteiger partial charge in [0.05, 0.1) is 0 Å². The number of carboxylic acid groups (broad SMARTS) is 1. The standard InChI is InChI=1S/C16H19NO3/c18-14-13(15(19)20)4-12(8-17-14)16-5-9-1-10(6-16)3-11(2-9)7-16/h4,8-11H,1-3,5-7H2,(H,17,18)(H,19,20). The van der Waals surface area contributed by atoms with Crippen molar-refractivity contribution in [2.24, 2.45) is 17.8 Å². The molecule has 0 unspecified atom stereocenters. The number of aromatic carboxylic acids is 1. The average Bonchev–Trinajstić information content (AvgIpc) is 2.37. The van der Waals surface area contributed by atoms with Crippen molar-refractivity contribution in [1.29, 1.82) is 0 Å². The number of hydrogen-bond donors (Lipinski definition) is 2. The Morgan fingerprint density at radius 1 is 1.15 bits per heavy atom. The van der Waals surface area contributed by atoms with Crippen molar-refractivity contribution in [3.63, 3.8) is 0 Å². The minimum absolute atomic E-state index is 0.113. The van der Waals surface area contributed by atoms with Crippen LogP contribution in [0, 0.1) is 17.8 Å². The van der Waals surface area contributed by atoms with E-state index in [1.807, 2.05) is 0 Å². The van der Waals surface area contributed by atoms with E-state index in [9.17, 15) is 9.59 Å². The van der Waals surface area contributed by atoms with E-state index in [0.717, 1.165) is 23.3 Å². The van der Waals surface area contributed by atoms with Crippen molar-refractivity contribution in [2.75, 3.05) is 0 Å². The monoisotopic (exact) mass is 273 g/mol. The fraction of sp³-hybridized carbons (Fsp3) is 0.625. The minimum Gasteiger partial charge on any atom is -0.477 e. The molecule has 1 aromatic heterocycles. The van der Waals surface area contributed by atoms with E-state index in [1.165, 1.54) is 38.5 Å². The highest BCUT2D eigenvalue weighted by Gasteiger charge is 2.51. The third kappa shape index (κ3) is 1.67. The Morgan fingerprint density at radius 2 is 1.70 bits per heavy atom. The van der Waals surface area contributed by atoms with E-state index < -0.39 is 11.5 Å². The van der Waals surface area contributed by atoms with E-state index in [0.29, 0.717) is 0 Å². The van der Waals surface area contributed by atoms with E-state index in [2.05, 4.69) is 4.98 Å². The highest BCUT2D eigenvalue weighted by molar-refractivity contribution is 5.87. The van der Waals surface area contributed by atoms with Crippen LogP contribution in [0.5, 0.6) is 0 Å². The third-order valence-electron chi connectivity index (χ3n) is 5.78. The van der Waals surface area contributed by atoms with Crippen molar-refractivity contribution < 1.29 is 9.90 Å². The summed E-state index contributed by atoms with van der Waals surface area (Å²) in [7, 11) is 0. The van der Waals surface area contributed by atoms with Crippen LogP contribution in [0.2, 0.25) is 0 Å². The molecular weight excluding hydrogens is 254 g/mol. The van der Waals surface area contributed by atoms with Gasteiger partial charge in [-0.1, -0.05) is 0 Å². The molecular formula is C16H19NO3. The van der Waals surface area contributed by atoms with Gasteiger partial charge in [-0.05, 0) is 73.3 Å². The quantitative estimate of drug-likeness (QED) is 0.870. The number of carbonyl (C=O) groups is 1. The highest BCUT2D eigenvalue weighted by Crippen LogP contribution is 2.60. The lowest BCUT2D eigenvalue weighted by atomic mass is 9.48. The van der Waals surface area contributed by atoms with Gasteiger partial charge in [-0.25, -0.2) is 4.79 Å². The van der Waals surface area contributed by atoms with Gasteiger partial charge in [0.15, 0.2) is 0 Å². The molecule has 0 aromatic carbocycles. The molecule has 0 spiro atoms. The lowest BCUT2D eigenvalue weighted by Crippen LogP contribution is -2.48. The van der Waals surface area contributed by atoms with Gasteiger partial charge in [-0.15, -0.1) is 0 Å². The Morgan fingerprint density at radius 3 is 2.20 bits per heavy atom. The molecule has 4 saturated carbocycles. The maximum Gasteiger partial charge on any atom is 0.341 e.